The van der Waals surface area contributed by atoms with Crippen LogP contribution in [-0.4, -0.2) is 30.3 Å². The number of esters is 1. The van der Waals surface area contributed by atoms with Crippen molar-refractivity contribution in [2.45, 2.75) is 20.8 Å². The van der Waals surface area contributed by atoms with Gasteiger partial charge < -0.3 is 10.1 Å². The number of imide groups is 1. The number of carbonyl (C=O) groups is 4. The van der Waals surface area contributed by atoms with E-state index in [0.29, 0.717) is 27.9 Å². The van der Waals surface area contributed by atoms with E-state index in [4.69, 9.17) is 4.74 Å². The fourth-order valence-corrected chi connectivity index (χ4v) is 4.78. The topological polar surface area (TPSA) is 92.8 Å². The molecule has 0 fully saturated rings. The summed E-state index contributed by atoms with van der Waals surface area (Å²) in [7, 11) is 0. The molecule has 1 N–H and O–H groups in total. The molecule has 4 aromatic rings. The van der Waals surface area contributed by atoms with E-state index >= 15 is 0 Å². The zero-order chi connectivity index (χ0) is 26.3. The van der Waals surface area contributed by atoms with Crippen molar-refractivity contribution in [1.82, 2.24) is 0 Å². The minimum absolute atomic E-state index is 0.193. The lowest BCUT2D eigenvalue weighted by molar-refractivity contribution is -0.119. The molecule has 184 valence electrons. The first-order valence-electron chi connectivity index (χ1n) is 11.8. The summed E-state index contributed by atoms with van der Waals surface area (Å²) < 4.78 is 5.18. The van der Waals surface area contributed by atoms with E-state index in [1.54, 1.807) is 24.3 Å². The highest BCUT2D eigenvalue weighted by molar-refractivity contribution is 6.35. The zero-order valence-electron chi connectivity index (χ0n) is 20.6. The van der Waals surface area contributed by atoms with Gasteiger partial charge in [-0.25, -0.2) is 9.69 Å². The Hall–Kier alpha value is -4.78. The first-order valence-corrected chi connectivity index (χ1v) is 11.8. The van der Waals surface area contributed by atoms with Crippen LogP contribution in [0.3, 0.4) is 0 Å². The molecular weight excluding hydrogens is 468 g/mol. The lowest BCUT2D eigenvalue weighted by Gasteiger charge is -2.27. The molecule has 0 saturated carbocycles. The highest BCUT2D eigenvalue weighted by Gasteiger charge is 2.33. The maximum atomic E-state index is 13.2. The normalized spacial score (nSPS) is 12.6. The molecule has 3 amide bonds. The number of carbonyl (C=O) groups excluding carboxylic acids is 4. The van der Waals surface area contributed by atoms with E-state index in [-0.39, 0.29) is 5.56 Å². The predicted octanol–water partition coefficient (Wildman–Crippen LogP) is 5.36. The number of amides is 3. The van der Waals surface area contributed by atoms with Gasteiger partial charge in [-0.2, -0.15) is 0 Å². The van der Waals surface area contributed by atoms with Gasteiger partial charge in [0.1, 0.15) is 0 Å². The van der Waals surface area contributed by atoms with E-state index in [1.165, 1.54) is 24.3 Å². The van der Waals surface area contributed by atoms with Crippen LogP contribution < -0.4 is 10.2 Å². The summed E-state index contributed by atoms with van der Waals surface area (Å²) in [5.41, 5.74) is 5.06. The van der Waals surface area contributed by atoms with Crippen molar-refractivity contribution in [3.05, 3.63) is 106 Å². The second-order valence-corrected chi connectivity index (χ2v) is 9.10. The van der Waals surface area contributed by atoms with Crippen LogP contribution in [0.1, 0.15) is 47.8 Å². The Morgan fingerprint density at radius 2 is 1.38 bits per heavy atom. The molecule has 0 aliphatic carbocycles. The summed E-state index contributed by atoms with van der Waals surface area (Å²) in [6.45, 7) is 5.34. The van der Waals surface area contributed by atoms with Crippen molar-refractivity contribution in [2.24, 2.45) is 0 Å². The van der Waals surface area contributed by atoms with E-state index in [1.807, 2.05) is 45.0 Å². The SMILES string of the molecule is Cc1cc(C)c(NC(=O)COC(=O)c2ccc(N3C(=O)c4cccc5cccc(c45)C3=O)cc2)c(C)c1. The van der Waals surface area contributed by atoms with Crippen LogP contribution in [0.15, 0.2) is 72.8 Å². The average Bonchev–Trinajstić information content (AvgIpc) is 2.88. The van der Waals surface area contributed by atoms with Crippen molar-refractivity contribution in [3.63, 3.8) is 0 Å². The number of aryl methyl sites for hydroxylation is 3. The van der Waals surface area contributed by atoms with Crippen molar-refractivity contribution >= 4 is 45.8 Å². The van der Waals surface area contributed by atoms with Gasteiger partial charge in [0.2, 0.25) is 0 Å². The lowest BCUT2D eigenvalue weighted by Crippen LogP contribution is -2.40. The molecule has 1 aliphatic heterocycles. The molecule has 5 rings (SSSR count). The molecule has 4 aromatic carbocycles. The third kappa shape index (κ3) is 4.36. The molecule has 0 radical (unpaired) electrons. The fraction of sp³-hybridized carbons (Fsp3) is 0.133. The maximum Gasteiger partial charge on any atom is 0.338 e. The molecule has 1 aliphatic rings. The van der Waals surface area contributed by atoms with Crippen molar-refractivity contribution in [3.8, 4) is 0 Å². The second-order valence-electron chi connectivity index (χ2n) is 9.10. The first-order chi connectivity index (χ1) is 17.7. The number of benzene rings is 4. The second kappa shape index (κ2) is 9.35. The van der Waals surface area contributed by atoms with Crippen LogP contribution >= 0.6 is 0 Å². The van der Waals surface area contributed by atoms with Gasteiger partial charge in [0.25, 0.3) is 17.7 Å². The summed E-state index contributed by atoms with van der Waals surface area (Å²) in [4.78, 5) is 52.4. The van der Waals surface area contributed by atoms with E-state index < -0.39 is 30.3 Å². The molecule has 0 unspecified atom stereocenters. The molecule has 1 heterocycles. The molecule has 0 bridgehead atoms. The minimum atomic E-state index is -0.689. The van der Waals surface area contributed by atoms with Crippen LogP contribution in [0, 0.1) is 20.8 Å². The Bertz CT molecular complexity index is 1530. The van der Waals surface area contributed by atoms with Crippen LogP contribution in [0.4, 0.5) is 11.4 Å². The Labute approximate surface area is 213 Å². The molecule has 37 heavy (non-hydrogen) atoms. The summed E-state index contributed by atoms with van der Waals surface area (Å²) in [5, 5.41) is 4.26. The van der Waals surface area contributed by atoms with Crippen molar-refractivity contribution in [2.75, 3.05) is 16.8 Å². The smallest absolute Gasteiger partial charge is 0.338 e. The number of anilines is 2. The van der Waals surface area contributed by atoms with Gasteiger partial charge in [-0.15, -0.1) is 0 Å². The number of rotatable bonds is 5. The fourth-order valence-electron chi connectivity index (χ4n) is 4.78. The van der Waals surface area contributed by atoms with Crippen LogP contribution in [0.25, 0.3) is 10.8 Å². The van der Waals surface area contributed by atoms with E-state index in [9.17, 15) is 19.2 Å². The minimum Gasteiger partial charge on any atom is -0.452 e. The third-order valence-corrected chi connectivity index (χ3v) is 6.41. The molecule has 0 atom stereocenters. The van der Waals surface area contributed by atoms with Crippen LogP contribution in [0.5, 0.6) is 0 Å². The van der Waals surface area contributed by atoms with Crippen molar-refractivity contribution in [1.29, 1.82) is 0 Å². The van der Waals surface area contributed by atoms with Gasteiger partial charge in [-0.3, -0.25) is 14.4 Å². The number of hydrogen-bond donors (Lipinski definition) is 1. The Kier molecular flexibility index (Phi) is 6.05. The standard InChI is InChI=1S/C30H24N2O5/c1-17-14-18(2)27(19(3)15-17)31-25(33)16-37-30(36)21-10-12-22(13-11-21)32-28(34)23-8-4-6-20-7-5-9-24(26(20)23)29(32)35/h4-15H,16H2,1-3H3,(H,31,33). The number of nitrogens with zero attached hydrogens (tertiary/aromatic N) is 1. The van der Waals surface area contributed by atoms with E-state index in [2.05, 4.69) is 5.32 Å². The highest BCUT2D eigenvalue weighted by atomic mass is 16.5. The number of ether oxygens (including phenoxy) is 1. The summed E-state index contributed by atoms with van der Waals surface area (Å²) in [6, 6.07) is 20.6. The summed E-state index contributed by atoms with van der Waals surface area (Å²) in [6.07, 6.45) is 0. The molecule has 0 aromatic heterocycles. The average molecular weight is 493 g/mol. The predicted molar refractivity (Wildman–Crippen MR) is 141 cm³/mol. The summed E-state index contributed by atoms with van der Waals surface area (Å²) in [5.74, 6) is -1.99. The quantitative estimate of drug-likeness (QED) is 0.299. The largest absolute Gasteiger partial charge is 0.452 e. The lowest BCUT2D eigenvalue weighted by atomic mass is 9.94. The van der Waals surface area contributed by atoms with Gasteiger partial charge in [0, 0.05) is 22.2 Å². The van der Waals surface area contributed by atoms with E-state index in [0.717, 1.165) is 27.0 Å². The van der Waals surface area contributed by atoms with Crippen molar-refractivity contribution < 1.29 is 23.9 Å². The molecule has 0 saturated heterocycles. The number of nitrogens with one attached hydrogen (secondary N) is 1. The van der Waals surface area contributed by atoms with Crippen LogP contribution in [-0.2, 0) is 9.53 Å². The molecule has 7 heteroatoms. The maximum absolute atomic E-state index is 13.2. The molecule has 0 spiro atoms. The van der Waals surface area contributed by atoms with Gasteiger partial charge >= 0.3 is 5.97 Å². The zero-order valence-corrected chi connectivity index (χ0v) is 20.6. The Morgan fingerprint density at radius 1 is 0.811 bits per heavy atom. The summed E-state index contributed by atoms with van der Waals surface area (Å²) >= 11 is 0. The van der Waals surface area contributed by atoms with Gasteiger partial charge in [0.05, 0.1) is 11.3 Å². The number of hydrogen-bond acceptors (Lipinski definition) is 5. The molecule has 7 nitrogen and oxygen atoms in total. The van der Waals surface area contributed by atoms with Gasteiger partial charge in [-0.1, -0.05) is 42.0 Å². The monoisotopic (exact) mass is 492 g/mol. The third-order valence-electron chi connectivity index (χ3n) is 6.41. The van der Waals surface area contributed by atoms with Gasteiger partial charge in [-0.05, 0) is 73.7 Å². The Morgan fingerprint density at radius 3 is 1.95 bits per heavy atom. The molecular formula is C30H24N2O5. The van der Waals surface area contributed by atoms with Crippen LogP contribution in [0.2, 0.25) is 0 Å². The first kappa shape index (κ1) is 23.9. The highest BCUT2D eigenvalue weighted by Crippen LogP contribution is 2.32. The Balaban J connectivity index is 1.28. The van der Waals surface area contributed by atoms with Gasteiger partial charge in [0.15, 0.2) is 6.61 Å².